The van der Waals surface area contributed by atoms with E-state index in [1.807, 2.05) is 24.3 Å². The zero-order valence-electron chi connectivity index (χ0n) is 8.37. The smallest absolute Gasteiger partial charge is 0.275 e. The van der Waals surface area contributed by atoms with Crippen LogP contribution in [0.25, 0.3) is 5.69 Å². The largest absolute Gasteiger partial charge is 0.294 e. The van der Waals surface area contributed by atoms with Crippen LogP contribution in [0.4, 0.5) is 0 Å². The number of rotatable bonds is 1. The van der Waals surface area contributed by atoms with E-state index in [2.05, 4.69) is 21.0 Å². The molecule has 2 aromatic rings. The Hall–Kier alpha value is -0.940. The van der Waals surface area contributed by atoms with Crippen molar-refractivity contribution in [3.05, 3.63) is 50.3 Å². The maximum absolute atomic E-state index is 12.1. The Morgan fingerprint density at radius 3 is 2.69 bits per heavy atom. The summed E-state index contributed by atoms with van der Waals surface area (Å²) in [6.07, 6.45) is 0. The SMILES string of the molecule is O=c1c2c([nH]n1-c1ccc(Br)cc1)CSC2. The number of thioether (sulfide) groups is 1. The fraction of sp³-hybridized carbons (Fsp3) is 0.182. The molecule has 82 valence electrons. The summed E-state index contributed by atoms with van der Waals surface area (Å²) >= 11 is 5.16. The molecular formula is C11H9BrN2OS. The maximum atomic E-state index is 12.1. The minimum absolute atomic E-state index is 0.0855. The molecule has 1 aromatic carbocycles. The van der Waals surface area contributed by atoms with Gasteiger partial charge in [-0.1, -0.05) is 15.9 Å². The van der Waals surface area contributed by atoms with Gasteiger partial charge in [-0.25, -0.2) is 4.68 Å². The van der Waals surface area contributed by atoms with Gasteiger partial charge < -0.3 is 0 Å². The number of hydrogen-bond acceptors (Lipinski definition) is 2. The highest BCUT2D eigenvalue weighted by atomic mass is 79.9. The molecule has 0 spiro atoms. The van der Waals surface area contributed by atoms with Crippen LogP contribution in [-0.4, -0.2) is 9.78 Å². The third-order valence-electron chi connectivity index (χ3n) is 2.65. The first-order chi connectivity index (χ1) is 7.75. The lowest BCUT2D eigenvalue weighted by atomic mass is 10.3. The quantitative estimate of drug-likeness (QED) is 0.879. The molecule has 0 fully saturated rings. The second-order valence-electron chi connectivity index (χ2n) is 3.68. The highest BCUT2D eigenvalue weighted by molar-refractivity contribution is 9.10. The van der Waals surface area contributed by atoms with Crippen molar-refractivity contribution >= 4 is 27.7 Å². The van der Waals surface area contributed by atoms with Crippen LogP contribution in [-0.2, 0) is 11.5 Å². The van der Waals surface area contributed by atoms with Crippen molar-refractivity contribution in [3.8, 4) is 5.69 Å². The van der Waals surface area contributed by atoms with Crippen LogP contribution in [0.3, 0.4) is 0 Å². The van der Waals surface area contributed by atoms with Gasteiger partial charge in [0.05, 0.1) is 16.9 Å². The topological polar surface area (TPSA) is 37.8 Å². The summed E-state index contributed by atoms with van der Waals surface area (Å²) in [5.41, 5.74) is 2.96. The van der Waals surface area contributed by atoms with Crippen molar-refractivity contribution in [1.82, 2.24) is 9.78 Å². The number of H-pyrrole nitrogens is 1. The Morgan fingerprint density at radius 1 is 1.25 bits per heavy atom. The summed E-state index contributed by atoms with van der Waals surface area (Å²) in [5, 5.41) is 3.17. The number of benzene rings is 1. The molecule has 1 aliphatic heterocycles. The Bertz CT molecular complexity index is 585. The summed E-state index contributed by atoms with van der Waals surface area (Å²) in [6, 6.07) is 7.71. The molecule has 0 atom stereocenters. The third kappa shape index (κ3) is 1.55. The van der Waals surface area contributed by atoms with Gasteiger partial charge in [0.2, 0.25) is 0 Å². The molecule has 0 amide bonds. The van der Waals surface area contributed by atoms with Crippen LogP contribution in [0.1, 0.15) is 11.3 Å². The van der Waals surface area contributed by atoms with Crippen molar-refractivity contribution in [2.45, 2.75) is 11.5 Å². The van der Waals surface area contributed by atoms with Crippen molar-refractivity contribution in [2.75, 3.05) is 0 Å². The molecule has 3 rings (SSSR count). The van der Waals surface area contributed by atoms with Crippen molar-refractivity contribution in [1.29, 1.82) is 0 Å². The van der Waals surface area contributed by atoms with E-state index in [9.17, 15) is 4.79 Å². The van der Waals surface area contributed by atoms with Crippen molar-refractivity contribution in [2.24, 2.45) is 0 Å². The van der Waals surface area contributed by atoms with Gasteiger partial charge in [0.1, 0.15) is 0 Å². The monoisotopic (exact) mass is 296 g/mol. The van der Waals surface area contributed by atoms with Gasteiger partial charge in [-0.15, -0.1) is 0 Å². The molecule has 0 radical (unpaired) electrons. The highest BCUT2D eigenvalue weighted by Crippen LogP contribution is 2.26. The predicted octanol–water partition coefficient (Wildman–Crippen LogP) is 2.67. The lowest BCUT2D eigenvalue weighted by Crippen LogP contribution is -2.16. The van der Waals surface area contributed by atoms with Crippen LogP contribution < -0.4 is 5.56 Å². The van der Waals surface area contributed by atoms with Gasteiger partial charge in [-0.3, -0.25) is 9.89 Å². The zero-order chi connectivity index (χ0) is 11.1. The van der Waals surface area contributed by atoms with Crippen LogP contribution in [0.15, 0.2) is 33.5 Å². The van der Waals surface area contributed by atoms with Gasteiger partial charge in [0.25, 0.3) is 5.56 Å². The fourth-order valence-electron chi connectivity index (χ4n) is 1.81. The summed E-state index contributed by atoms with van der Waals surface area (Å²) in [7, 11) is 0. The van der Waals surface area contributed by atoms with E-state index in [1.54, 1.807) is 16.4 Å². The maximum Gasteiger partial charge on any atom is 0.275 e. The Kier molecular flexibility index (Phi) is 2.44. The van der Waals surface area contributed by atoms with Crippen LogP contribution in [0.2, 0.25) is 0 Å². The molecule has 2 heterocycles. The third-order valence-corrected chi connectivity index (χ3v) is 4.16. The summed E-state index contributed by atoms with van der Waals surface area (Å²) in [6.45, 7) is 0. The highest BCUT2D eigenvalue weighted by Gasteiger charge is 2.19. The molecule has 0 aliphatic carbocycles. The number of aromatic amines is 1. The van der Waals surface area contributed by atoms with E-state index in [4.69, 9.17) is 0 Å². The molecule has 5 heteroatoms. The average Bonchev–Trinajstić information content (AvgIpc) is 2.84. The summed E-state index contributed by atoms with van der Waals surface area (Å²) in [4.78, 5) is 12.1. The zero-order valence-corrected chi connectivity index (χ0v) is 10.8. The molecule has 16 heavy (non-hydrogen) atoms. The number of halogens is 1. The molecule has 0 bridgehead atoms. The molecule has 1 aliphatic rings. The van der Waals surface area contributed by atoms with E-state index < -0.39 is 0 Å². The number of nitrogens with one attached hydrogen (secondary N) is 1. The van der Waals surface area contributed by atoms with Crippen LogP contribution >= 0.6 is 27.7 Å². The summed E-state index contributed by atoms with van der Waals surface area (Å²) < 4.78 is 2.63. The number of aromatic nitrogens is 2. The van der Waals surface area contributed by atoms with Crippen molar-refractivity contribution in [3.63, 3.8) is 0 Å². The normalized spacial score (nSPS) is 14.1. The molecule has 1 N–H and O–H groups in total. The molecule has 0 unspecified atom stereocenters. The molecule has 0 saturated carbocycles. The van der Waals surface area contributed by atoms with E-state index in [1.165, 1.54) is 0 Å². The predicted molar refractivity (Wildman–Crippen MR) is 69.1 cm³/mol. The lowest BCUT2D eigenvalue weighted by Gasteiger charge is -2.02. The first-order valence-electron chi connectivity index (χ1n) is 4.92. The van der Waals surface area contributed by atoms with Gasteiger partial charge in [0.15, 0.2) is 0 Å². The van der Waals surface area contributed by atoms with E-state index >= 15 is 0 Å². The second kappa shape index (κ2) is 3.82. The Labute approximate surface area is 105 Å². The standard InChI is InChI=1S/C11H9BrN2OS/c12-7-1-3-8(4-2-7)14-11(15)9-5-16-6-10(9)13-14/h1-4,13H,5-6H2. The first-order valence-corrected chi connectivity index (χ1v) is 6.87. The molecule has 1 aromatic heterocycles. The fourth-order valence-corrected chi connectivity index (χ4v) is 3.12. The van der Waals surface area contributed by atoms with Gasteiger partial charge in [-0.2, -0.15) is 11.8 Å². The van der Waals surface area contributed by atoms with Gasteiger partial charge >= 0.3 is 0 Å². The Balaban J connectivity index is 2.14. The molecule has 3 nitrogen and oxygen atoms in total. The minimum atomic E-state index is 0.0855. The van der Waals surface area contributed by atoms with Crippen molar-refractivity contribution < 1.29 is 0 Å². The first kappa shape index (κ1) is 10.2. The Morgan fingerprint density at radius 2 is 2.00 bits per heavy atom. The second-order valence-corrected chi connectivity index (χ2v) is 5.58. The summed E-state index contributed by atoms with van der Waals surface area (Å²) in [5.74, 6) is 1.74. The van der Waals surface area contributed by atoms with Crippen LogP contribution in [0.5, 0.6) is 0 Å². The molecule has 0 saturated heterocycles. The number of nitrogens with zero attached hydrogens (tertiary/aromatic N) is 1. The van der Waals surface area contributed by atoms with Crippen LogP contribution in [0, 0.1) is 0 Å². The van der Waals surface area contributed by atoms with Gasteiger partial charge in [0, 0.05) is 16.0 Å². The number of hydrogen-bond donors (Lipinski definition) is 1. The van der Waals surface area contributed by atoms with Gasteiger partial charge in [-0.05, 0) is 24.3 Å². The molecular weight excluding hydrogens is 288 g/mol. The average molecular weight is 297 g/mol. The van der Waals surface area contributed by atoms with E-state index in [0.717, 1.165) is 32.9 Å². The minimum Gasteiger partial charge on any atom is -0.294 e. The lowest BCUT2D eigenvalue weighted by molar-refractivity contribution is 0.831. The number of fused-ring (bicyclic) bond motifs is 1. The van der Waals surface area contributed by atoms with E-state index in [-0.39, 0.29) is 5.56 Å². The van der Waals surface area contributed by atoms with E-state index in [0.29, 0.717) is 0 Å².